The Morgan fingerprint density at radius 1 is 1.07 bits per heavy atom. The number of amides is 1. The largest absolute Gasteiger partial charge is 0.412 e. The van der Waals surface area contributed by atoms with Crippen molar-refractivity contribution in [3.05, 3.63) is 76.5 Å². The summed E-state index contributed by atoms with van der Waals surface area (Å²) in [5, 5.41) is 3.71. The lowest BCUT2D eigenvalue weighted by Gasteiger charge is -2.06. The molecule has 0 aliphatic carbocycles. The van der Waals surface area contributed by atoms with Gasteiger partial charge in [0, 0.05) is 30.9 Å². The number of pyridine rings is 1. The molecule has 2 aromatic heterocycles. The van der Waals surface area contributed by atoms with Gasteiger partial charge in [-0.15, -0.1) is 0 Å². The molecule has 0 aliphatic heterocycles. The van der Waals surface area contributed by atoms with Crippen molar-refractivity contribution in [1.82, 2.24) is 20.3 Å². The van der Waals surface area contributed by atoms with Crippen LogP contribution < -0.4 is 10.1 Å². The second-order valence-electron chi connectivity index (χ2n) is 6.25. The Bertz CT molecular complexity index is 1140. The van der Waals surface area contributed by atoms with Crippen LogP contribution in [0.5, 0.6) is 5.75 Å². The van der Waals surface area contributed by atoms with E-state index in [4.69, 9.17) is 27.9 Å². The number of nitrogens with zero attached hydrogens (tertiary/aromatic N) is 2. The molecule has 0 unspecified atom stereocenters. The van der Waals surface area contributed by atoms with Crippen molar-refractivity contribution in [1.29, 1.82) is 0 Å². The van der Waals surface area contributed by atoms with Gasteiger partial charge in [0.05, 0.1) is 26.6 Å². The molecule has 4 rings (SSSR count). The highest BCUT2D eigenvalue weighted by Gasteiger charge is 2.13. The number of imidazole rings is 1. The Kier molecular flexibility index (Phi) is 5.64. The number of carbonyl (C=O) groups is 1. The number of nitrogens with one attached hydrogen (secondary N) is 2. The fourth-order valence-electron chi connectivity index (χ4n) is 2.88. The average Bonchev–Trinajstić information content (AvgIpc) is 3.11. The third-order valence-electron chi connectivity index (χ3n) is 4.24. The first-order valence-electron chi connectivity index (χ1n) is 8.90. The van der Waals surface area contributed by atoms with Gasteiger partial charge in [-0.2, -0.15) is 0 Å². The zero-order chi connectivity index (χ0) is 20.2. The monoisotopic (exact) mass is 426 g/mol. The van der Waals surface area contributed by atoms with Crippen LogP contribution in [0.2, 0.25) is 10.0 Å². The molecule has 0 bridgehead atoms. The predicted molar refractivity (Wildman–Crippen MR) is 114 cm³/mol. The van der Waals surface area contributed by atoms with E-state index < -0.39 is 6.09 Å². The molecule has 0 fully saturated rings. The fraction of sp³-hybridized carbons (Fsp3) is 0.0952. The first-order valence-corrected chi connectivity index (χ1v) is 9.65. The summed E-state index contributed by atoms with van der Waals surface area (Å²) in [5.74, 6) is 0.945. The Morgan fingerprint density at radius 2 is 1.90 bits per heavy atom. The van der Waals surface area contributed by atoms with Crippen molar-refractivity contribution in [2.24, 2.45) is 0 Å². The van der Waals surface area contributed by atoms with E-state index >= 15 is 0 Å². The highest BCUT2D eigenvalue weighted by atomic mass is 35.5. The normalized spacial score (nSPS) is 10.8. The number of ether oxygens (including phenoxy) is 1. The zero-order valence-corrected chi connectivity index (χ0v) is 16.7. The van der Waals surface area contributed by atoms with Gasteiger partial charge in [-0.3, -0.25) is 4.98 Å². The summed E-state index contributed by atoms with van der Waals surface area (Å²) in [6.45, 7) is 0.428. The number of H-pyrrole nitrogens is 1. The van der Waals surface area contributed by atoms with Gasteiger partial charge in [-0.1, -0.05) is 35.3 Å². The number of halogens is 2. The Balaban J connectivity index is 1.44. The van der Waals surface area contributed by atoms with Crippen LogP contribution >= 0.6 is 23.2 Å². The molecule has 29 heavy (non-hydrogen) atoms. The summed E-state index contributed by atoms with van der Waals surface area (Å²) in [7, 11) is 0. The topological polar surface area (TPSA) is 79.9 Å². The lowest BCUT2D eigenvalue weighted by atomic mass is 10.2. The molecule has 0 atom stereocenters. The van der Waals surface area contributed by atoms with Gasteiger partial charge in [0.1, 0.15) is 11.6 Å². The van der Waals surface area contributed by atoms with Crippen molar-refractivity contribution in [3.63, 3.8) is 0 Å². The third kappa shape index (κ3) is 4.50. The van der Waals surface area contributed by atoms with Crippen LogP contribution in [0.15, 0.2) is 60.8 Å². The Morgan fingerprint density at radius 3 is 2.66 bits per heavy atom. The minimum atomic E-state index is -0.533. The summed E-state index contributed by atoms with van der Waals surface area (Å²) < 4.78 is 5.35. The van der Waals surface area contributed by atoms with Crippen LogP contribution in [0.25, 0.3) is 22.4 Å². The molecule has 0 aliphatic rings. The van der Waals surface area contributed by atoms with Crippen LogP contribution in [0.4, 0.5) is 4.79 Å². The molecular formula is C21H16Cl2N4O2. The van der Waals surface area contributed by atoms with E-state index in [9.17, 15) is 4.79 Å². The minimum absolute atomic E-state index is 0.397. The predicted octanol–water partition coefficient (Wildman–Crippen LogP) is 5.26. The summed E-state index contributed by atoms with van der Waals surface area (Å²) in [4.78, 5) is 23.9. The highest BCUT2D eigenvalue weighted by Crippen LogP contribution is 2.34. The van der Waals surface area contributed by atoms with Crippen molar-refractivity contribution in [2.45, 2.75) is 6.42 Å². The van der Waals surface area contributed by atoms with E-state index in [1.165, 1.54) is 0 Å². The number of fused-ring (bicyclic) bond motifs is 1. The van der Waals surface area contributed by atoms with Crippen LogP contribution in [0.1, 0.15) is 5.69 Å². The Hall–Kier alpha value is -3.09. The van der Waals surface area contributed by atoms with Gasteiger partial charge in [-0.05, 0) is 36.4 Å². The summed E-state index contributed by atoms with van der Waals surface area (Å²) in [6, 6.07) is 16.1. The van der Waals surface area contributed by atoms with Crippen molar-refractivity contribution in [3.8, 4) is 17.1 Å². The average molecular weight is 427 g/mol. The summed E-state index contributed by atoms with van der Waals surface area (Å²) >= 11 is 12.5. The van der Waals surface area contributed by atoms with E-state index in [1.807, 2.05) is 18.2 Å². The molecule has 0 radical (unpaired) electrons. The molecule has 2 heterocycles. The maximum Gasteiger partial charge on any atom is 0.412 e. The quantitative estimate of drug-likeness (QED) is 0.455. The van der Waals surface area contributed by atoms with Gasteiger partial charge in [0.15, 0.2) is 0 Å². The molecule has 8 heteroatoms. The van der Waals surface area contributed by atoms with Crippen LogP contribution in [-0.2, 0) is 6.42 Å². The number of carbonyl (C=O) groups excluding carboxylic acids is 1. The van der Waals surface area contributed by atoms with Crippen LogP contribution in [0, 0.1) is 0 Å². The standard InChI is InChI=1S/C21H16Cl2N4O2/c22-15-5-3-6-16(23)19(15)20-26-17-8-7-14(12-18(17)27-20)29-21(28)25-11-9-13-4-1-2-10-24-13/h1-8,10,12H,9,11H2,(H,25,28)(H,26,27). The van der Waals surface area contributed by atoms with Crippen LogP contribution in [0.3, 0.4) is 0 Å². The Labute approximate surface area is 176 Å². The maximum absolute atomic E-state index is 12.0. The van der Waals surface area contributed by atoms with E-state index in [1.54, 1.807) is 42.6 Å². The molecule has 0 saturated carbocycles. The van der Waals surface area contributed by atoms with Gasteiger partial charge in [0.2, 0.25) is 0 Å². The van der Waals surface area contributed by atoms with E-state index in [2.05, 4.69) is 20.3 Å². The molecule has 4 aromatic rings. The minimum Gasteiger partial charge on any atom is -0.410 e. The van der Waals surface area contributed by atoms with Crippen molar-refractivity contribution >= 4 is 40.3 Å². The number of benzene rings is 2. The van der Waals surface area contributed by atoms with Crippen molar-refractivity contribution in [2.75, 3.05) is 6.54 Å². The first kappa shape index (κ1) is 19.2. The van der Waals surface area contributed by atoms with E-state index in [0.29, 0.717) is 51.2 Å². The number of hydrogen-bond acceptors (Lipinski definition) is 4. The highest BCUT2D eigenvalue weighted by molar-refractivity contribution is 6.39. The van der Waals surface area contributed by atoms with Crippen LogP contribution in [-0.4, -0.2) is 27.6 Å². The third-order valence-corrected chi connectivity index (χ3v) is 4.87. The molecule has 1 amide bonds. The molecule has 2 N–H and O–H groups in total. The zero-order valence-electron chi connectivity index (χ0n) is 15.2. The molecule has 2 aromatic carbocycles. The summed E-state index contributed by atoms with van der Waals surface area (Å²) in [5.41, 5.74) is 2.94. The van der Waals surface area contributed by atoms with E-state index in [-0.39, 0.29) is 0 Å². The maximum atomic E-state index is 12.0. The number of rotatable bonds is 5. The second kappa shape index (κ2) is 8.51. The summed E-state index contributed by atoms with van der Waals surface area (Å²) in [6.07, 6.45) is 1.81. The molecule has 0 saturated heterocycles. The SMILES string of the molecule is O=C(NCCc1ccccn1)Oc1ccc2nc(-c3c(Cl)cccc3Cl)[nH]c2c1. The number of hydrogen-bond donors (Lipinski definition) is 2. The van der Waals surface area contributed by atoms with Crippen molar-refractivity contribution < 1.29 is 9.53 Å². The van der Waals surface area contributed by atoms with Gasteiger partial charge >= 0.3 is 6.09 Å². The molecule has 146 valence electrons. The smallest absolute Gasteiger partial charge is 0.410 e. The second-order valence-corrected chi connectivity index (χ2v) is 7.06. The fourth-order valence-corrected chi connectivity index (χ4v) is 3.45. The molecular weight excluding hydrogens is 411 g/mol. The van der Waals surface area contributed by atoms with Gasteiger partial charge in [0.25, 0.3) is 0 Å². The van der Waals surface area contributed by atoms with E-state index in [0.717, 1.165) is 5.69 Å². The molecule has 6 nitrogen and oxygen atoms in total. The van der Waals surface area contributed by atoms with Gasteiger partial charge < -0.3 is 15.0 Å². The first-order chi connectivity index (χ1) is 14.1. The molecule has 0 spiro atoms. The van der Waals surface area contributed by atoms with Gasteiger partial charge in [-0.25, -0.2) is 9.78 Å². The number of aromatic nitrogens is 3. The lowest BCUT2D eigenvalue weighted by molar-refractivity contribution is 0.200. The number of aromatic amines is 1. The lowest BCUT2D eigenvalue weighted by Crippen LogP contribution is -2.28.